The van der Waals surface area contributed by atoms with Crippen molar-refractivity contribution < 1.29 is 4.79 Å². The van der Waals surface area contributed by atoms with E-state index in [4.69, 9.17) is 0 Å². The van der Waals surface area contributed by atoms with Gasteiger partial charge in [0.2, 0.25) is 0 Å². The number of likely N-dealkylation sites (N-methyl/N-ethyl adjacent to an activating group) is 1. The summed E-state index contributed by atoms with van der Waals surface area (Å²) < 4.78 is 0. The number of H-pyrrole nitrogens is 1. The van der Waals surface area contributed by atoms with Crippen LogP contribution >= 0.6 is 11.3 Å². The average molecular weight is 302 g/mol. The SMILES string of the molecule is CCN1CCc2c(sc3c2C(=O)N[C@H](c2ccc[nH]2)N3)C1. The fraction of sp³-hybridized carbons (Fsp3) is 0.400. The molecular formula is C15H18N4OS. The molecule has 0 saturated carbocycles. The Hall–Kier alpha value is -1.79. The van der Waals surface area contributed by atoms with Gasteiger partial charge in [-0.25, -0.2) is 0 Å². The van der Waals surface area contributed by atoms with Gasteiger partial charge < -0.3 is 15.6 Å². The Bertz CT molecular complexity index is 676. The lowest BCUT2D eigenvalue weighted by Crippen LogP contribution is -2.39. The van der Waals surface area contributed by atoms with Gasteiger partial charge in [-0.05, 0) is 30.7 Å². The molecule has 2 aromatic heterocycles. The molecule has 0 radical (unpaired) electrons. The summed E-state index contributed by atoms with van der Waals surface area (Å²) in [5.74, 6) is 0.0470. The summed E-state index contributed by atoms with van der Waals surface area (Å²) in [6, 6.07) is 3.92. The zero-order chi connectivity index (χ0) is 14.4. The third-order valence-corrected chi connectivity index (χ3v) is 5.44. The lowest BCUT2D eigenvalue weighted by molar-refractivity contribution is 0.0934. The molecule has 5 nitrogen and oxygen atoms in total. The zero-order valence-corrected chi connectivity index (χ0v) is 12.7. The van der Waals surface area contributed by atoms with Gasteiger partial charge >= 0.3 is 0 Å². The highest BCUT2D eigenvalue weighted by atomic mass is 32.1. The van der Waals surface area contributed by atoms with Crippen LogP contribution in [0.15, 0.2) is 18.3 Å². The van der Waals surface area contributed by atoms with Gasteiger partial charge in [0.25, 0.3) is 5.91 Å². The quantitative estimate of drug-likeness (QED) is 0.798. The van der Waals surface area contributed by atoms with Crippen molar-refractivity contribution in [1.82, 2.24) is 15.2 Å². The highest BCUT2D eigenvalue weighted by molar-refractivity contribution is 7.16. The lowest BCUT2D eigenvalue weighted by atomic mass is 10.0. The number of aromatic amines is 1. The summed E-state index contributed by atoms with van der Waals surface area (Å²) in [7, 11) is 0. The van der Waals surface area contributed by atoms with Crippen LogP contribution in [0.2, 0.25) is 0 Å². The number of rotatable bonds is 2. The second-order valence-corrected chi connectivity index (χ2v) is 6.61. The topological polar surface area (TPSA) is 60.2 Å². The molecule has 1 amide bonds. The number of nitrogens with one attached hydrogen (secondary N) is 3. The first-order valence-corrected chi connectivity index (χ1v) is 8.15. The molecule has 110 valence electrons. The van der Waals surface area contributed by atoms with Gasteiger partial charge in [-0.2, -0.15) is 0 Å². The summed E-state index contributed by atoms with van der Waals surface area (Å²) in [5, 5.41) is 7.52. The van der Waals surface area contributed by atoms with Gasteiger partial charge in [-0.15, -0.1) is 11.3 Å². The van der Waals surface area contributed by atoms with Gasteiger partial charge in [-0.3, -0.25) is 9.69 Å². The van der Waals surface area contributed by atoms with Crippen LogP contribution in [0.25, 0.3) is 0 Å². The molecule has 0 spiro atoms. The Morgan fingerprint density at radius 2 is 2.33 bits per heavy atom. The maximum atomic E-state index is 12.5. The van der Waals surface area contributed by atoms with E-state index in [1.54, 1.807) is 11.3 Å². The van der Waals surface area contributed by atoms with Crippen LogP contribution in [0, 0.1) is 0 Å². The normalized spacial score (nSPS) is 21.4. The predicted molar refractivity (Wildman–Crippen MR) is 83.6 cm³/mol. The first-order valence-electron chi connectivity index (χ1n) is 7.34. The van der Waals surface area contributed by atoms with Crippen LogP contribution in [0.4, 0.5) is 5.00 Å². The summed E-state index contributed by atoms with van der Waals surface area (Å²) in [6.07, 6.45) is 2.68. The van der Waals surface area contributed by atoms with Gasteiger partial charge in [0.05, 0.1) is 11.3 Å². The standard InChI is InChI=1S/C15H18N4OS/c1-2-19-7-5-9-11(8-19)21-15-12(9)14(20)17-13(18-15)10-4-3-6-16-10/h3-4,6,13,16,18H,2,5,7-8H2,1H3,(H,17,20)/t13-/m0/s1. The number of aromatic nitrogens is 1. The molecule has 0 aliphatic carbocycles. The van der Waals surface area contributed by atoms with Crippen molar-refractivity contribution in [3.63, 3.8) is 0 Å². The highest BCUT2D eigenvalue weighted by Crippen LogP contribution is 2.40. The van der Waals surface area contributed by atoms with E-state index in [1.165, 1.54) is 10.4 Å². The Kier molecular flexibility index (Phi) is 3.01. The molecule has 3 N–H and O–H groups in total. The fourth-order valence-corrected chi connectivity index (χ4v) is 4.43. The van der Waals surface area contributed by atoms with Gasteiger partial charge in [-0.1, -0.05) is 6.92 Å². The smallest absolute Gasteiger partial charge is 0.256 e. The van der Waals surface area contributed by atoms with Gasteiger partial charge in [0, 0.05) is 24.2 Å². The molecule has 21 heavy (non-hydrogen) atoms. The molecule has 4 rings (SSSR count). The summed E-state index contributed by atoms with van der Waals surface area (Å²) in [5.41, 5.74) is 3.10. The van der Waals surface area contributed by atoms with Crippen LogP contribution < -0.4 is 10.6 Å². The van der Waals surface area contributed by atoms with Crippen molar-refractivity contribution >= 4 is 22.2 Å². The number of hydrogen-bond donors (Lipinski definition) is 3. The van der Waals surface area contributed by atoms with E-state index >= 15 is 0 Å². The van der Waals surface area contributed by atoms with Crippen molar-refractivity contribution in [2.45, 2.75) is 26.1 Å². The van der Waals surface area contributed by atoms with Crippen LogP contribution in [0.1, 0.15) is 39.6 Å². The Balaban J connectivity index is 1.69. The predicted octanol–water partition coefficient (Wildman–Crippen LogP) is 2.31. The van der Waals surface area contributed by atoms with E-state index in [1.807, 2.05) is 18.3 Å². The average Bonchev–Trinajstić information content (AvgIpc) is 3.13. The molecule has 6 heteroatoms. The minimum atomic E-state index is -0.164. The number of carbonyl (C=O) groups excluding carboxylic acids is 1. The van der Waals surface area contributed by atoms with E-state index in [0.717, 1.165) is 42.3 Å². The minimum absolute atomic E-state index is 0.0470. The number of amides is 1. The van der Waals surface area contributed by atoms with E-state index in [2.05, 4.69) is 27.4 Å². The van der Waals surface area contributed by atoms with Crippen LogP contribution in [-0.2, 0) is 13.0 Å². The number of fused-ring (bicyclic) bond motifs is 3. The van der Waals surface area contributed by atoms with Crippen molar-refractivity contribution in [3.8, 4) is 0 Å². The molecule has 4 heterocycles. The van der Waals surface area contributed by atoms with E-state index in [9.17, 15) is 4.79 Å². The molecule has 0 fully saturated rings. The van der Waals surface area contributed by atoms with E-state index in [0.29, 0.717) is 0 Å². The zero-order valence-electron chi connectivity index (χ0n) is 11.9. The van der Waals surface area contributed by atoms with Crippen molar-refractivity contribution in [2.75, 3.05) is 18.4 Å². The van der Waals surface area contributed by atoms with E-state index < -0.39 is 0 Å². The van der Waals surface area contributed by atoms with Gasteiger partial charge in [0.15, 0.2) is 0 Å². The Labute approximate surface area is 127 Å². The number of thiophene rings is 1. The fourth-order valence-electron chi connectivity index (χ4n) is 3.12. The summed E-state index contributed by atoms with van der Waals surface area (Å²) >= 11 is 1.73. The Morgan fingerprint density at radius 1 is 1.43 bits per heavy atom. The van der Waals surface area contributed by atoms with Crippen LogP contribution in [-0.4, -0.2) is 28.9 Å². The second kappa shape index (κ2) is 4.89. The molecule has 0 aromatic carbocycles. The van der Waals surface area contributed by atoms with Gasteiger partial charge in [0.1, 0.15) is 11.2 Å². The largest absolute Gasteiger partial charge is 0.362 e. The maximum Gasteiger partial charge on any atom is 0.256 e. The molecule has 2 aliphatic rings. The third-order valence-electron chi connectivity index (χ3n) is 4.29. The number of anilines is 1. The molecule has 2 aliphatic heterocycles. The first-order chi connectivity index (χ1) is 10.3. The lowest BCUT2D eigenvalue weighted by Gasteiger charge is -2.27. The van der Waals surface area contributed by atoms with Crippen molar-refractivity contribution in [2.24, 2.45) is 0 Å². The van der Waals surface area contributed by atoms with Crippen LogP contribution in [0.3, 0.4) is 0 Å². The maximum absolute atomic E-state index is 12.5. The number of hydrogen-bond acceptors (Lipinski definition) is 4. The minimum Gasteiger partial charge on any atom is -0.362 e. The molecule has 0 unspecified atom stereocenters. The second-order valence-electron chi connectivity index (χ2n) is 5.50. The number of carbonyl (C=O) groups is 1. The molecule has 0 bridgehead atoms. The van der Waals surface area contributed by atoms with Crippen molar-refractivity contribution in [1.29, 1.82) is 0 Å². The summed E-state index contributed by atoms with van der Waals surface area (Å²) in [4.78, 5) is 19.4. The molecular weight excluding hydrogens is 284 g/mol. The van der Waals surface area contributed by atoms with Crippen molar-refractivity contribution in [3.05, 3.63) is 40.0 Å². The third kappa shape index (κ3) is 2.06. The van der Waals surface area contributed by atoms with Crippen LogP contribution in [0.5, 0.6) is 0 Å². The number of nitrogens with zero attached hydrogens (tertiary/aromatic N) is 1. The summed E-state index contributed by atoms with van der Waals surface area (Å²) in [6.45, 7) is 5.25. The highest BCUT2D eigenvalue weighted by Gasteiger charge is 2.33. The first kappa shape index (κ1) is 12.9. The van der Waals surface area contributed by atoms with E-state index in [-0.39, 0.29) is 12.1 Å². The molecule has 2 aromatic rings. The molecule has 1 atom stereocenters. The Morgan fingerprint density at radius 3 is 3.10 bits per heavy atom. The molecule has 0 saturated heterocycles. The monoisotopic (exact) mass is 302 g/mol.